The van der Waals surface area contributed by atoms with Crippen LogP contribution in [-0.2, 0) is 35.2 Å². The van der Waals surface area contributed by atoms with Crippen molar-refractivity contribution in [3.05, 3.63) is 97.1 Å². The van der Waals surface area contributed by atoms with E-state index in [4.69, 9.17) is 9.47 Å². The Morgan fingerprint density at radius 2 is 1.81 bits per heavy atom. The molecular formula is C37H44BrN3O7. The number of nitrogens with one attached hydrogen (secondary N) is 1. The molecule has 3 aliphatic rings. The Hall–Kier alpha value is -3.80. The van der Waals surface area contributed by atoms with Crippen LogP contribution in [0.15, 0.2) is 86.0 Å². The van der Waals surface area contributed by atoms with Gasteiger partial charge in [0.15, 0.2) is 0 Å². The number of rotatable bonds is 17. The molecule has 2 aromatic carbocycles. The number of hydrogen-bond acceptors (Lipinski definition) is 7. The fraction of sp³-hybridized carbons (Fsp3) is 0.459. The molecule has 48 heavy (non-hydrogen) atoms. The summed E-state index contributed by atoms with van der Waals surface area (Å²) >= 11 is 3.72. The second kappa shape index (κ2) is 16.1. The minimum atomic E-state index is -1.26. The molecule has 3 fully saturated rings. The lowest BCUT2D eigenvalue weighted by atomic mass is 9.70. The summed E-state index contributed by atoms with van der Waals surface area (Å²) in [7, 11) is 0. The zero-order valence-corrected chi connectivity index (χ0v) is 28.6. The van der Waals surface area contributed by atoms with E-state index in [9.17, 15) is 24.3 Å². The molecule has 0 aromatic heterocycles. The molecule has 1 unspecified atom stereocenters. The van der Waals surface area contributed by atoms with Gasteiger partial charge < -0.3 is 29.7 Å². The number of carbonyl (C=O) groups is 4. The van der Waals surface area contributed by atoms with E-state index in [2.05, 4.69) is 34.4 Å². The molecule has 7 atom stereocenters. The Kier molecular flexibility index (Phi) is 11.9. The molecule has 3 heterocycles. The van der Waals surface area contributed by atoms with Crippen molar-refractivity contribution in [1.29, 1.82) is 0 Å². The molecule has 5 rings (SSSR count). The number of alkyl halides is 1. The largest absolute Gasteiger partial charge is 0.455 e. The summed E-state index contributed by atoms with van der Waals surface area (Å²) in [5.41, 5.74) is 0.368. The van der Waals surface area contributed by atoms with Crippen LogP contribution in [0.1, 0.15) is 49.3 Å². The van der Waals surface area contributed by atoms with Gasteiger partial charge in [-0.2, -0.15) is 0 Å². The highest BCUT2D eigenvalue weighted by Crippen LogP contribution is 2.60. The first-order chi connectivity index (χ1) is 23.2. The molecule has 3 saturated heterocycles. The van der Waals surface area contributed by atoms with Crippen LogP contribution in [0.4, 0.5) is 0 Å². The molecular weight excluding hydrogens is 678 g/mol. The lowest BCUT2D eigenvalue weighted by Gasteiger charge is -2.37. The predicted molar refractivity (Wildman–Crippen MR) is 184 cm³/mol. The minimum absolute atomic E-state index is 0.0478. The van der Waals surface area contributed by atoms with E-state index in [1.165, 1.54) is 0 Å². The standard InChI is InChI=1S/C37H44BrN3O7/c1-3-5-18-29(43)39-23-28(26-16-10-7-11-17-26)47-36(46)30-31-34(44)41(20-12-13-21-42)33(37(31)22-27(38)32(30)48-37)35(45)40(19-4-2)24-25-14-8-6-9-15-25/h3-4,6-11,14-17,27-28,30-33,42H,1-2,5,12-13,18-24H2,(H,39,43)/t27?,28-,30+,31-,32+,33+,37-/m1/s1. The van der Waals surface area contributed by atoms with Crippen LogP contribution in [0.25, 0.3) is 0 Å². The first-order valence-electron chi connectivity index (χ1n) is 16.6. The highest BCUT2D eigenvalue weighted by molar-refractivity contribution is 9.09. The minimum Gasteiger partial charge on any atom is -0.455 e. The second-order valence-corrected chi connectivity index (χ2v) is 13.8. The first kappa shape index (κ1) is 35.5. The summed E-state index contributed by atoms with van der Waals surface area (Å²) in [4.78, 5) is 58.6. The average molecular weight is 723 g/mol. The summed E-state index contributed by atoms with van der Waals surface area (Å²) in [6.45, 7) is 8.33. The van der Waals surface area contributed by atoms with Crippen molar-refractivity contribution < 1.29 is 33.8 Å². The van der Waals surface area contributed by atoms with Crippen LogP contribution in [0.2, 0.25) is 0 Å². The van der Waals surface area contributed by atoms with E-state index < -0.39 is 41.7 Å². The van der Waals surface area contributed by atoms with E-state index in [0.29, 0.717) is 37.8 Å². The molecule has 2 N–H and O–H groups in total. The number of allylic oxidation sites excluding steroid dienone is 1. The fourth-order valence-corrected chi connectivity index (χ4v) is 8.26. The normalized spacial score (nSPS) is 26.1. The maximum absolute atomic E-state index is 14.6. The van der Waals surface area contributed by atoms with E-state index in [1.807, 2.05) is 60.7 Å². The number of carbonyl (C=O) groups excluding carboxylic acids is 4. The number of aliphatic hydroxyl groups is 1. The lowest BCUT2D eigenvalue weighted by Crippen LogP contribution is -2.56. The van der Waals surface area contributed by atoms with Gasteiger partial charge in [0.25, 0.3) is 0 Å². The van der Waals surface area contributed by atoms with Crippen LogP contribution >= 0.6 is 15.9 Å². The molecule has 0 radical (unpaired) electrons. The van der Waals surface area contributed by atoms with Gasteiger partial charge in [0.05, 0.1) is 24.5 Å². The predicted octanol–water partition coefficient (Wildman–Crippen LogP) is 4.09. The van der Waals surface area contributed by atoms with E-state index in [1.54, 1.807) is 22.0 Å². The van der Waals surface area contributed by atoms with Gasteiger partial charge in [-0.15, -0.1) is 13.2 Å². The van der Waals surface area contributed by atoms with Gasteiger partial charge in [0.2, 0.25) is 17.7 Å². The molecule has 10 nitrogen and oxygen atoms in total. The number of amides is 3. The maximum Gasteiger partial charge on any atom is 0.313 e. The van der Waals surface area contributed by atoms with Crippen molar-refractivity contribution in [2.75, 3.05) is 26.2 Å². The number of nitrogens with zero attached hydrogens (tertiary/aromatic N) is 2. The van der Waals surface area contributed by atoms with Crippen molar-refractivity contribution in [3.8, 4) is 0 Å². The van der Waals surface area contributed by atoms with Gasteiger partial charge in [-0.25, -0.2) is 0 Å². The van der Waals surface area contributed by atoms with Crippen LogP contribution < -0.4 is 5.32 Å². The van der Waals surface area contributed by atoms with Crippen LogP contribution in [0, 0.1) is 11.8 Å². The molecule has 0 aliphatic carbocycles. The van der Waals surface area contributed by atoms with Crippen LogP contribution in [-0.4, -0.2) is 87.4 Å². The van der Waals surface area contributed by atoms with Crippen molar-refractivity contribution >= 4 is 39.6 Å². The first-order valence-corrected chi connectivity index (χ1v) is 17.5. The Balaban J connectivity index is 1.45. The van der Waals surface area contributed by atoms with Gasteiger partial charge in [-0.05, 0) is 36.8 Å². The summed E-state index contributed by atoms with van der Waals surface area (Å²) in [6.07, 6.45) is 3.90. The molecule has 3 amide bonds. The van der Waals surface area contributed by atoms with Gasteiger partial charge in [0.1, 0.15) is 17.7 Å². The third-order valence-electron chi connectivity index (χ3n) is 9.47. The molecule has 3 aliphatic heterocycles. The van der Waals surface area contributed by atoms with Gasteiger partial charge in [-0.3, -0.25) is 19.2 Å². The van der Waals surface area contributed by atoms with Crippen molar-refractivity contribution in [2.45, 2.75) is 67.3 Å². The topological polar surface area (TPSA) is 125 Å². The Bertz CT molecular complexity index is 1470. The van der Waals surface area contributed by atoms with E-state index in [0.717, 1.165) is 5.56 Å². The molecule has 0 saturated carbocycles. The third-order valence-corrected chi connectivity index (χ3v) is 10.3. The molecule has 2 bridgehead atoms. The number of halogens is 1. The molecule has 2 aromatic rings. The number of ether oxygens (including phenoxy) is 2. The van der Waals surface area contributed by atoms with Gasteiger partial charge >= 0.3 is 5.97 Å². The second-order valence-electron chi connectivity index (χ2n) is 12.6. The number of benzene rings is 2. The number of unbranched alkanes of at least 4 members (excludes halogenated alkanes) is 1. The number of hydrogen-bond donors (Lipinski definition) is 2. The molecule has 11 heteroatoms. The number of fused-ring (bicyclic) bond motifs is 1. The van der Waals surface area contributed by atoms with E-state index in [-0.39, 0.29) is 55.2 Å². The maximum atomic E-state index is 14.6. The van der Waals surface area contributed by atoms with E-state index >= 15 is 0 Å². The van der Waals surface area contributed by atoms with Gasteiger partial charge in [0, 0.05) is 37.5 Å². The Morgan fingerprint density at radius 1 is 1.10 bits per heavy atom. The van der Waals surface area contributed by atoms with Crippen LogP contribution in [0.3, 0.4) is 0 Å². The van der Waals surface area contributed by atoms with Gasteiger partial charge in [-0.1, -0.05) is 88.7 Å². The van der Waals surface area contributed by atoms with Crippen molar-refractivity contribution in [1.82, 2.24) is 15.1 Å². The average Bonchev–Trinajstić information content (AvgIpc) is 3.69. The summed E-state index contributed by atoms with van der Waals surface area (Å²) < 4.78 is 12.8. The Labute approximate surface area is 290 Å². The molecule has 256 valence electrons. The fourth-order valence-electron chi connectivity index (χ4n) is 7.32. The summed E-state index contributed by atoms with van der Waals surface area (Å²) in [6, 6.07) is 17.8. The molecule has 1 spiro atoms. The zero-order chi connectivity index (χ0) is 34.3. The smallest absolute Gasteiger partial charge is 0.313 e. The summed E-state index contributed by atoms with van der Waals surface area (Å²) in [5.74, 6) is -3.33. The lowest BCUT2D eigenvalue weighted by molar-refractivity contribution is -0.160. The number of aliphatic hydroxyl groups excluding tert-OH is 1. The number of esters is 1. The third kappa shape index (κ3) is 7.28. The highest BCUT2D eigenvalue weighted by Gasteiger charge is 2.77. The van der Waals surface area contributed by atoms with Crippen molar-refractivity contribution in [3.63, 3.8) is 0 Å². The summed E-state index contributed by atoms with van der Waals surface area (Å²) in [5, 5.41) is 12.4. The quantitative estimate of drug-likeness (QED) is 0.109. The zero-order valence-electron chi connectivity index (χ0n) is 27.0. The van der Waals surface area contributed by atoms with Crippen molar-refractivity contribution in [2.24, 2.45) is 11.8 Å². The SMILES string of the molecule is C=CCCC(=O)NC[C@@H](OC(=O)[C@@H]1[C@H]2O[C@@]3(CC2Br)[C@H](C(=O)N(CC=C)Cc2ccccc2)N(CCCCO)C(=O)[C@@H]13)c1ccccc1. The highest BCUT2D eigenvalue weighted by atomic mass is 79.9. The van der Waals surface area contributed by atoms with Crippen LogP contribution in [0.5, 0.6) is 0 Å². The Morgan fingerprint density at radius 3 is 2.48 bits per heavy atom. The number of likely N-dealkylation sites (tertiary alicyclic amines) is 1. The monoisotopic (exact) mass is 721 g/mol.